The van der Waals surface area contributed by atoms with Crippen molar-refractivity contribution in [3.8, 4) is 0 Å². The number of fused-ring (bicyclic) bond motifs is 2. The van der Waals surface area contributed by atoms with Gasteiger partial charge in [-0.1, -0.05) is 36.4 Å². The fourth-order valence-corrected chi connectivity index (χ4v) is 4.14. The predicted octanol–water partition coefficient (Wildman–Crippen LogP) is 1.58. The molecule has 0 radical (unpaired) electrons. The van der Waals surface area contributed by atoms with E-state index in [1.165, 1.54) is 42.5 Å². The highest BCUT2D eigenvalue weighted by Crippen LogP contribution is 2.26. The molecule has 0 heterocycles. The van der Waals surface area contributed by atoms with Crippen molar-refractivity contribution >= 4 is 56.1 Å². The first-order valence-electron chi connectivity index (χ1n) is 8.64. The van der Waals surface area contributed by atoms with Crippen molar-refractivity contribution in [2.75, 3.05) is 0 Å². The number of ketones is 2. The molecule has 0 bridgehead atoms. The van der Waals surface area contributed by atoms with Crippen LogP contribution in [0.1, 0.15) is 31.8 Å². The van der Waals surface area contributed by atoms with Crippen molar-refractivity contribution < 1.29 is 36.7 Å². The zero-order valence-electron chi connectivity index (χ0n) is 15.8. The Morgan fingerprint density at radius 2 is 1.31 bits per heavy atom. The largest absolute Gasteiger partial charge is 0.768 e. The molecule has 0 saturated heterocycles. The van der Waals surface area contributed by atoms with Gasteiger partial charge >= 0.3 is 11.4 Å². The highest BCUT2D eigenvalue weighted by Gasteiger charge is 2.30. The summed E-state index contributed by atoms with van der Waals surface area (Å²) < 4.78 is 43.7. The number of benzene rings is 2. The molecule has 4 rings (SSSR count). The quantitative estimate of drug-likeness (QED) is 0.367. The average Bonchev–Trinajstić information content (AvgIpc) is 2.79. The molecule has 0 N–H and O–H groups in total. The Morgan fingerprint density at radius 1 is 0.719 bits per heavy atom. The van der Waals surface area contributed by atoms with Crippen LogP contribution in [0.15, 0.2) is 59.5 Å². The molecule has 160 valence electrons. The standard InChI is InChI=1S/2C10H6N2O3S/c11-12-8-5-4-6-7(10(8)13)2-1-3-9(6)16(14)15;11-12-8-5-9(16(14)15)6-3-1-2-4-7(6)10(8)13/h2*1-5H,(H,14,15)/p-2. The molecule has 0 aromatic heterocycles. The van der Waals surface area contributed by atoms with E-state index in [0.717, 1.165) is 6.08 Å². The lowest BCUT2D eigenvalue weighted by molar-refractivity contribution is -0.00459. The lowest BCUT2D eigenvalue weighted by atomic mass is 9.95. The number of Topliss-reactive ketones (excluding diaryl/α,β-unsaturated/α-hetero) is 2. The molecule has 0 saturated carbocycles. The van der Waals surface area contributed by atoms with Crippen molar-refractivity contribution in [3.63, 3.8) is 0 Å². The molecular formula is C20H10N4O6S2-2. The van der Waals surface area contributed by atoms with Gasteiger partial charge < -0.3 is 20.2 Å². The zero-order chi connectivity index (χ0) is 23.4. The Labute approximate surface area is 185 Å². The molecule has 2 aliphatic rings. The third kappa shape index (κ3) is 4.32. The number of carbonyl (C=O) groups is 2. The summed E-state index contributed by atoms with van der Waals surface area (Å²) in [5.74, 6) is -0.986. The molecule has 0 fully saturated rings. The van der Waals surface area contributed by atoms with Gasteiger partial charge in [-0.3, -0.25) is 18.0 Å². The van der Waals surface area contributed by atoms with E-state index in [9.17, 15) is 27.1 Å². The van der Waals surface area contributed by atoms with Crippen LogP contribution in [0.3, 0.4) is 0 Å². The third-order valence-electron chi connectivity index (χ3n) is 4.46. The van der Waals surface area contributed by atoms with E-state index < -0.39 is 33.7 Å². The van der Waals surface area contributed by atoms with E-state index in [4.69, 9.17) is 11.1 Å². The minimum Gasteiger partial charge on any atom is -0.768 e. The predicted molar refractivity (Wildman–Crippen MR) is 112 cm³/mol. The molecular weight excluding hydrogens is 456 g/mol. The highest BCUT2D eigenvalue weighted by molar-refractivity contribution is 7.89. The molecule has 2 aromatic rings. The lowest BCUT2D eigenvalue weighted by Crippen LogP contribution is -2.20. The molecule has 0 amide bonds. The van der Waals surface area contributed by atoms with Crippen LogP contribution in [-0.4, -0.2) is 50.1 Å². The van der Waals surface area contributed by atoms with E-state index in [-0.39, 0.29) is 32.4 Å². The van der Waals surface area contributed by atoms with Crippen LogP contribution in [-0.2, 0) is 22.2 Å². The number of carbonyl (C=O) groups excluding carboxylic acids is 2. The van der Waals surface area contributed by atoms with Crippen LogP contribution in [0.25, 0.3) is 22.0 Å². The van der Waals surface area contributed by atoms with E-state index in [1.54, 1.807) is 12.1 Å². The Hall–Kier alpha value is -3.76. The Kier molecular flexibility index (Phi) is 6.86. The number of hydrogen-bond acceptors (Lipinski definition) is 6. The molecule has 0 spiro atoms. The summed E-state index contributed by atoms with van der Waals surface area (Å²) >= 11 is -4.89. The monoisotopic (exact) mass is 466 g/mol. The maximum absolute atomic E-state index is 11.7. The van der Waals surface area contributed by atoms with Gasteiger partial charge in [-0.2, -0.15) is 9.58 Å². The third-order valence-corrected chi connectivity index (χ3v) is 5.88. The van der Waals surface area contributed by atoms with Gasteiger partial charge in [-0.25, -0.2) is 0 Å². The first-order valence-corrected chi connectivity index (χ1v) is 10.8. The fraction of sp³-hybridized carbons (Fsp3) is 0. The molecule has 32 heavy (non-hydrogen) atoms. The van der Waals surface area contributed by atoms with Gasteiger partial charge in [0.05, 0.1) is 0 Å². The first-order chi connectivity index (χ1) is 15.3. The van der Waals surface area contributed by atoms with Crippen LogP contribution >= 0.6 is 0 Å². The number of allylic oxidation sites excluding steroid dienone is 2. The summed E-state index contributed by atoms with van der Waals surface area (Å²) in [5.41, 5.74) is 17.9. The molecule has 10 nitrogen and oxygen atoms in total. The molecule has 12 heteroatoms. The fourth-order valence-electron chi connectivity index (χ4n) is 3.03. The molecule has 0 aliphatic heterocycles. The first kappa shape index (κ1) is 22.9. The van der Waals surface area contributed by atoms with Crippen molar-refractivity contribution in [2.24, 2.45) is 0 Å². The maximum atomic E-state index is 11.7. The zero-order valence-corrected chi connectivity index (χ0v) is 17.5. The molecule has 2 aromatic carbocycles. The average molecular weight is 466 g/mol. The van der Waals surface area contributed by atoms with Gasteiger partial charge in [0.1, 0.15) is 0 Å². The number of hydrogen-bond donors (Lipinski definition) is 0. The highest BCUT2D eigenvalue weighted by atomic mass is 32.2. The Bertz CT molecular complexity index is 1380. The minimum absolute atomic E-state index is 0.0528. The number of nitrogens with zero attached hydrogens (tertiary/aromatic N) is 4. The van der Waals surface area contributed by atoms with Gasteiger partial charge in [0.15, 0.2) is 0 Å². The summed E-state index contributed by atoms with van der Waals surface area (Å²) in [6.07, 6.45) is 3.77. The molecule has 2 unspecified atom stereocenters. The summed E-state index contributed by atoms with van der Waals surface area (Å²) in [7, 11) is 0. The van der Waals surface area contributed by atoms with E-state index in [0.29, 0.717) is 11.1 Å². The van der Waals surface area contributed by atoms with Gasteiger partial charge in [-0.05, 0) is 34.3 Å². The number of rotatable bonds is 2. The Balaban J connectivity index is 0.000000181. The maximum Gasteiger partial charge on any atom is 0.363 e. The lowest BCUT2D eigenvalue weighted by Gasteiger charge is -2.15. The topological polar surface area (TPSA) is 187 Å². The second kappa shape index (κ2) is 9.58. The van der Waals surface area contributed by atoms with E-state index in [2.05, 4.69) is 9.58 Å². The van der Waals surface area contributed by atoms with Crippen molar-refractivity contribution in [3.05, 3.63) is 87.9 Å². The van der Waals surface area contributed by atoms with E-state index >= 15 is 0 Å². The van der Waals surface area contributed by atoms with Gasteiger partial charge in [0, 0.05) is 44.2 Å². The van der Waals surface area contributed by atoms with Gasteiger partial charge in [-0.15, -0.1) is 0 Å². The van der Waals surface area contributed by atoms with Crippen LogP contribution in [0.4, 0.5) is 0 Å². The Morgan fingerprint density at radius 3 is 1.91 bits per heavy atom. The smallest absolute Gasteiger partial charge is 0.363 e. The summed E-state index contributed by atoms with van der Waals surface area (Å²) in [6, 6.07) is 10.6. The second-order valence-electron chi connectivity index (χ2n) is 6.20. The van der Waals surface area contributed by atoms with Crippen LogP contribution in [0, 0.1) is 0 Å². The molecule has 2 aliphatic carbocycles. The summed E-state index contributed by atoms with van der Waals surface area (Å²) in [6.45, 7) is 0. The molecule has 2 atom stereocenters. The second-order valence-corrected chi connectivity index (χ2v) is 8.02. The van der Waals surface area contributed by atoms with Gasteiger partial charge in [0.2, 0.25) is 0 Å². The van der Waals surface area contributed by atoms with Crippen LogP contribution in [0.2, 0.25) is 0 Å². The van der Waals surface area contributed by atoms with Gasteiger partial charge in [0.25, 0.3) is 11.6 Å². The van der Waals surface area contributed by atoms with Crippen molar-refractivity contribution in [2.45, 2.75) is 4.90 Å². The van der Waals surface area contributed by atoms with Crippen LogP contribution in [0.5, 0.6) is 0 Å². The van der Waals surface area contributed by atoms with E-state index in [1.807, 2.05) is 0 Å². The van der Waals surface area contributed by atoms with Crippen LogP contribution < -0.4 is 0 Å². The summed E-state index contributed by atoms with van der Waals surface area (Å²) in [4.78, 5) is 29.0. The normalized spacial score (nSPS) is 15.9. The SMILES string of the molecule is [N-]=[N+]=C1C=C(S(=O)[O-])c2ccccc2C1=O.[N-]=[N+]=C1C=Cc2c(cccc2S(=O)[O-])C1=O. The van der Waals surface area contributed by atoms with Crippen molar-refractivity contribution in [1.29, 1.82) is 0 Å². The minimum atomic E-state index is -2.48. The van der Waals surface area contributed by atoms with Crippen molar-refractivity contribution in [1.82, 2.24) is 0 Å². The summed E-state index contributed by atoms with van der Waals surface area (Å²) in [5, 5.41) is 0.